The number of nitrogens with zero attached hydrogens (tertiary/aromatic N) is 2. The lowest BCUT2D eigenvalue weighted by Crippen LogP contribution is -2.30. The highest BCUT2D eigenvalue weighted by Gasteiger charge is 2.29. The molecule has 3 rings (SSSR count). The summed E-state index contributed by atoms with van der Waals surface area (Å²) in [5.41, 5.74) is 3.78. The summed E-state index contributed by atoms with van der Waals surface area (Å²) < 4.78 is 5.00. The number of carbonyl (C=O) groups is 2. The summed E-state index contributed by atoms with van der Waals surface area (Å²) in [6.07, 6.45) is 1.20. The first-order valence-electron chi connectivity index (χ1n) is 11.4. The van der Waals surface area contributed by atoms with E-state index in [0.29, 0.717) is 35.5 Å². The van der Waals surface area contributed by atoms with E-state index in [4.69, 9.17) is 10.1 Å². The number of hydrogen-bond donors (Lipinski definition) is 2. The molecule has 0 fully saturated rings. The van der Waals surface area contributed by atoms with Gasteiger partial charge in [-0.05, 0) is 48.9 Å². The van der Waals surface area contributed by atoms with Gasteiger partial charge >= 0.3 is 5.97 Å². The molecule has 1 aromatic heterocycles. The van der Waals surface area contributed by atoms with Crippen molar-refractivity contribution in [2.75, 3.05) is 13.2 Å². The zero-order chi connectivity index (χ0) is 24.3. The highest BCUT2D eigenvalue weighted by atomic mass is 16.5. The van der Waals surface area contributed by atoms with E-state index in [0.717, 1.165) is 17.7 Å². The monoisotopic (exact) mass is 451 g/mol. The molecule has 1 aliphatic heterocycles. The molecule has 0 amide bonds. The first-order chi connectivity index (χ1) is 15.5. The highest BCUT2D eigenvalue weighted by Crippen LogP contribution is 2.35. The predicted octanol–water partition coefficient (Wildman–Crippen LogP) is 4.17. The summed E-state index contributed by atoms with van der Waals surface area (Å²) in [5.74, 6) is -0.119. The number of rotatable bonds is 8. The number of ether oxygens (including phenoxy) is 1. The SMILES string of the molecule is CCOC(=O)CCc1cc(C(=O)CN2Cc3ccc(CC)nc3C2=N)cc(C(C)(C)C)c1O. The third-order valence-electron chi connectivity index (χ3n) is 5.86. The highest BCUT2D eigenvalue weighted by molar-refractivity contribution is 6.04. The van der Waals surface area contributed by atoms with E-state index < -0.39 is 5.41 Å². The van der Waals surface area contributed by atoms with Crippen LogP contribution in [0.25, 0.3) is 0 Å². The molecule has 176 valence electrons. The third-order valence-corrected chi connectivity index (χ3v) is 5.86. The fraction of sp³-hybridized carbons (Fsp3) is 0.462. The first-order valence-corrected chi connectivity index (χ1v) is 11.4. The number of aromatic nitrogens is 1. The molecule has 2 aromatic rings. The lowest BCUT2D eigenvalue weighted by Gasteiger charge is -2.24. The average molecular weight is 452 g/mol. The summed E-state index contributed by atoms with van der Waals surface area (Å²) >= 11 is 0. The Morgan fingerprint density at radius 1 is 1.21 bits per heavy atom. The lowest BCUT2D eigenvalue weighted by molar-refractivity contribution is -0.143. The van der Waals surface area contributed by atoms with Crippen molar-refractivity contribution in [3.8, 4) is 5.75 Å². The predicted molar refractivity (Wildman–Crippen MR) is 127 cm³/mol. The van der Waals surface area contributed by atoms with E-state index in [-0.39, 0.29) is 42.7 Å². The van der Waals surface area contributed by atoms with Gasteiger partial charge in [-0.2, -0.15) is 0 Å². The Morgan fingerprint density at radius 3 is 2.58 bits per heavy atom. The molecule has 1 aliphatic rings. The molecular formula is C26H33N3O4. The Balaban J connectivity index is 1.85. The van der Waals surface area contributed by atoms with Gasteiger partial charge in [0.1, 0.15) is 17.3 Å². The zero-order valence-electron chi connectivity index (χ0n) is 20.1. The Bertz CT molecular complexity index is 1090. The minimum absolute atomic E-state index is 0.0440. The summed E-state index contributed by atoms with van der Waals surface area (Å²) in [5, 5.41) is 19.4. The van der Waals surface area contributed by atoms with Crippen LogP contribution in [0.1, 0.15) is 79.5 Å². The average Bonchev–Trinajstić information content (AvgIpc) is 3.06. The van der Waals surface area contributed by atoms with Gasteiger partial charge in [0.05, 0.1) is 13.2 Å². The molecule has 7 heteroatoms. The number of ketones is 1. The van der Waals surface area contributed by atoms with Crippen molar-refractivity contribution < 1.29 is 19.4 Å². The number of esters is 1. The normalized spacial score (nSPS) is 13.2. The standard InChI is InChI=1S/C26H33N3O4/c1-6-19-10-8-17-14-29(25(27)23(17)28-19)15-21(30)18-12-16(9-11-22(31)33-7-2)24(32)20(13-18)26(3,4)5/h8,10,12-13,27,32H,6-7,9,11,14-15H2,1-5H3. The molecule has 2 heterocycles. The van der Waals surface area contributed by atoms with Crippen LogP contribution in [0.4, 0.5) is 0 Å². The van der Waals surface area contributed by atoms with Crippen LogP contribution < -0.4 is 0 Å². The van der Waals surface area contributed by atoms with Crippen LogP contribution in [0.2, 0.25) is 0 Å². The van der Waals surface area contributed by atoms with Crippen molar-refractivity contribution in [2.45, 2.75) is 65.8 Å². The van der Waals surface area contributed by atoms with Crippen LogP contribution in [-0.2, 0) is 34.3 Å². The molecule has 33 heavy (non-hydrogen) atoms. The lowest BCUT2D eigenvalue weighted by atomic mass is 9.83. The maximum absolute atomic E-state index is 13.3. The fourth-order valence-corrected chi connectivity index (χ4v) is 3.98. The van der Waals surface area contributed by atoms with Crippen molar-refractivity contribution in [2.24, 2.45) is 0 Å². The first kappa shape index (κ1) is 24.4. The number of benzene rings is 1. The second-order valence-corrected chi connectivity index (χ2v) is 9.38. The number of Topliss-reactive ketones (excluding diaryl/α,β-unsaturated/α-hetero) is 1. The van der Waals surface area contributed by atoms with E-state index in [2.05, 4.69) is 4.98 Å². The number of carbonyl (C=O) groups excluding carboxylic acids is 2. The molecule has 7 nitrogen and oxygen atoms in total. The van der Waals surface area contributed by atoms with E-state index in [9.17, 15) is 14.7 Å². The molecule has 0 bridgehead atoms. The van der Waals surface area contributed by atoms with Crippen LogP contribution in [0.5, 0.6) is 5.75 Å². The number of pyridine rings is 1. The van der Waals surface area contributed by atoms with Crippen molar-refractivity contribution in [1.29, 1.82) is 5.41 Å². The number of aromatic hydroxyl groups is 1. The van der Waals surface area contributed by atoms with Gasteiger partial charge in [-0.3, -0.25) is 15.0 Å². The van der Waals surface area contributed by atoms with Crippen LogP contribution in [0.3, 0.4) is 0 Å². The molecule has 0 aliphatic carbocycles. The van der Waals surface area contributed by atoms with Gasteiger partial charge in [-0.25, -0.2) is 4.98 Å². The molecule has 0 unspecified atom stereocenters. The largest absolute Gasteiger partial charge is 0.507 e. The summed E-state index contributed by atoms with van der Waals surface area (Å²) in [7, 11) is 0. The summed E-state index contributed by atoms with van der Waals surface area (Å²) in [6.45, 7) is 10.5. The Labute approximate surface area is 195 Å². The minimum atomic E-state index is -0.393. The van der Waals surface area contributed by atoms with Crippen molar-refractivity contribution in [3.63, 3.8) is 0 Å². The quantitative estimate of drug-likeness (QED) is 0.461. The molecule has 0 atom stereocenters. The smallest absolute Gasteiger partial charge is 0.306 e. The fourth-order valence-electron chi connectivity index (χ4n) is 3.98. The minimum Gasteiger partial charge on any atom is -0.507 e. The molecule has 0 saturated carbocycles. The van der Waals surface area contributed by atoms with Gasteiger partial charge in [0.15, 0.2) is 5.78 Å². The Kier molecular flexibility index (Phi) is 7.20. The second kappa shape index (κ2) is 9.73. The van der Waals surface area contributed by atoms with E-state index in [1.165, 1.54) is 0 Å². The number of fused-ring (bicyclic) bond motifs is 1. The van der Waals surface area contributed by atoms with Gasteiger partial charge in [0, 0.05) is 35.3 Å². The molecule has 2 N–H and O–H groups in total. The van der Waals surface area contributed by atoms with Crippen molar-refractivity contribution in [3.05, 3.63) is 57.9 Å². The number of aryl methyl sites for hydroxylation is 2. The van der Waals surface area contributed by atoms with Crippen LogP contribution in [0, 0.1) is 5.41 Å². The van der Waals surface area contributed by atoms with E-state index in [1.807, 2.05) is 39.8 Å². The van der Waals surface area contributed by atoms with Gasteiger partial charge in [0.25, 0.3) is 0 Å². The van der Waals surface area contributed by atoms with E-state index in [1.54, 1.807) is 24.0 Å². The third kappa shape index (κ3) is 5.41. The van der Waals surface area contributed by atoms with Gasteiger partial charge < -0.3 is 14.7 Å². The maximum atomic E-state index is 13.3. The van der Waals surface area contributed by atoms with Crippen LogP contribution >= 0.6 is 0 Å². The van der Waals surface area contributed by atoms with Crippen LogP contribution in [0.15, 0.2) is 24.3 Å². The number of amidine groups is 1. The van der Waals surface area contributed by atoms with Gasteiger partial charge in [0.2, 0.25) is 0 Å². The van der Waals surface area contributed by atoms with Crippen molar-refractivity contribution >= 4 is 17.6 Å². The molecular weight excluding hydrogens is 418 g/mol. The van der Waals surface area contributed by atoms with Crippen LogP contribution in [-0.4, -0.2) is 45.7 Å². The van der Waals surface area contributed by atoms with Gasteiger partial charge in [-0.1, -0.05) is 33.8 Å². The number of nitrogens with one attached hydrogen (secondary N) is 1. The Hall–Kier alpha value is -3.22. The number of phenolic OH excluding ortho intramolecular Hbond substituents is 1. The second-order valence-electron chi connectivity index (χ2n) is 9.38. The Morgan fingerprint density at radius 2 is 1.94 bits per heavy atom. The van der Waals surface area contributed by atoms with Gasteiger partial charge in [-0.15, -0.1) is 0 Å². The molecule has 0 radical (unpaired) electrons. The summed E-state index contributed by atoms with van der Waals surface area (Å²) in [4.78, 5) is 31.4. The zero-order valence-corrected chi connectivity index (χ0v) is 20.1. The molecule has 0 saturated heterocycles. The summed E-state index contributed by atoms with van der Waals surface area (Å²) in [6, 6.07) is 7.33. The number of phenols is 1. The molecule has 0 spiro atoms. The maximum Gasteiger partial charge on any atom is 0.306 e. The number of hydrogen-bond acceptors (Lipinski definition) is 6. The topological polar surface area (TPSA) is 104 Å². The molecule has 1 aromatic carbocycles. The van der Waals surface area contributed by atoms with E-state index >= 15 is 0 Å². The van der Waals surface area contributed by atoms with Crippen molar-refractivity contribution in [1.82, 2.24) is 9.88 Å².